The van der Waals surface area contributed by atoms with Crippen molar-refractivity contribution in [2.24, 2.45) is 0 Å². The smallest absolute Gasteiger partial charge is 0.244 e. The number of hydrogen-bond donors (Lipinski definition) is 2. The number of unbranched alkanes of at least 4 members (excludes halogenated alkanes) is 34. The van der Waals surface area contributed by atoms with E-state index >= 15 is 0 Å². The number of carbonyl (C=O) groups excluding carboxylic acids is 1. The maximum atomic E-state index is 12.4. The van der Waals surface area contributed by atoms with Gasteiger partial charge in [0, 0.05) is 12.8 Å². The predicted octanol–water partition coefficient (Wildman–Crippen LogP) is 14.0. The molecule has 0 spiro atoms. The van der Waals surface area contributed by atoms with Gasteiger partial charge in [-0.15, -0.1) is 0 Å². The Hall–Kier alpha value is -1.06. The quantitative estimate of drug-likeness (QED) is 0.0492. The molecule has 0 aromatic rings. The van der Waals surface area contributed by atoms with Crippen LogP contribution < -0.4 is 10.6 Å². The molecule has 0 saturated carbocycles. The van der Waals surface area contributed by atoms with Crippen molar-refractivity contribution < 1.29 is 9.37 Å². The Morgan fingerprint density at radius 2 is 0.800 bits per heavy atom. The van der Waals surface area contributed by atoms with Gasteiger partial charge in [-0.1, -0.05) is 232 Å². The molecule has 0 saturated heterocycles. The van der Waals surface area contributed by atoms with Gasteiger partial charge in [0.1, 0.15) is 19.6 Å². The molecular weight excluding hydrogens is 611 g/mol. The zero-order chi connectivity index (χ0) is 35.8. The Labute approximate surface area is 315 Å². The molecule has 1 aliphatic rings. The van der Waals surface area contributed by atoms with Crippen molar-refractivity contribution in [3.8, 4) is 0 Å². The highest BCUT2D eigenvalue weighted by molar-refractivity contribution is 5.78. The highest BCUT2D eigenvalue weighted by atomic mass is 16.1. The average molecular weight is 703 g/mol. The van der Waals surface area contributed by atoms with Crippen molar-refractivity contribution in [2.75, 3.05) is 26.2 Å². The lowest BCUT2D eigenvalue weighted by atomic mass is 10.0. The third-order valence-electron chi connectivity index (χ3n) is 11.3. The van der Waals surface area contributed by atoms with Gasteiger partial charge in [-0.2, -0.15) is 0 Å². The molecular formula is C46H92N3O+. The molecule has 296 valence electrons. The SMILES string of the molecule is CCCCCCCCCCCCCCCCCCCCCCC1=[N+](CCNC(=O)CCCCCCCCCCCCCCCCCC)CCN1. The summed E-state index contributed by atoms with van der Waals surface area (Å²) in [5.74, 6) is 1.66. The minimum Gasteiger partial charge on any atom is -0.352 e. The van der Waals surface area contributed by atoms with Crippen LogP contribution in [-0.2, 0) is 4.79 Å². The minimum absolute atomic E-state index is 0.248. The molecule has 0 fully saturated rings. The number of amidine groups is 1. The van der Waals surface area contributed by atoms with Crippen molar-refractivity contribution in [2.45, 2.75) is 258 Å². The molecule has 0 aromatic heterocycles. The van der Waals surface area contributed by atoms with E-state index < -0.39 is 0 Å². The van der Waals surface area contributed by atoms with E-state index in [-0.39, 0.29) is 5.91 Å². The van der Waals surface area contributed by atoms with Gasteiger partial charge in [0.15, 0.2) is 0 Å². The van der Waals surface area contributed by atoms with Crippen LogP contribution in [0.5, 0.6) is 0 Å². The van der Waals surface area contributed by atoms with Crippen LogP contribution in [0.3, 0.4) is 0 Å². The number of hydrogen-bond acceptors (Lipinski definition) is 2. The normalized spacial score (nSPS) is 13.0. The molecule has 0 aliphatic carbocycles. The van der Waals surface area contributed by atoms with Crippen molar-refractivity contribution in [3.63, 3.8) is 0 Å². The third kappa shape index (κ3) is 32.8. The molecule has 0 bridgehead atoms. The summed E-state index contributed by atoms with van der Waals surface area (Å²) in [5.41, 5.74) is 0. The Morgan fingerprint density at radius 1 is 0.480 bits per heavy atom. The number of rotatable bonds is 41. The van der Waals surface area contributed by atoms with E-state index in [9.17, 15) is 4.79 Å². The first kappa shape index (κ1) is 47.0. The summed E-state index contributed by atoms with van der Waals surface area (Å²) >= 11 is 0. The summed E-state index contributed by atoms with van der Waals surface area (Å²) in [5, 5.41) is 6.81. The van der Waals surface area contributed by atoms with Gasteiger partial charge >= 0.3 is 0 Å². The minimum atomic E-state index is 0.248. The van der Waals surface area contributed by atoms with Gasteiger partial charge in [0.25, 0.3) is 0 Å². The van der Waals surface area contributed by atoms with E-state index in [1.807, 2.05) is 0 Å². The lowest BCUT2D eigenvalue weighted by Gasteiger charge is -2.07. The van der Waals surface area contributed by atoms with Crippen molar-refractivity contribution in [1.29, 1.82) is 0 Å². The monoisotopic (exact) mass is 703 g/mol. The molecule has 2 N–H and O–H groups in total. The third-order valence-corrected chi connectivity index (χ3v) is 11.3. The molecule has 1 heterocycles. The predicted molar refractivity (Wildman–Crippen MR) is 223 cm³/mol. The fraction of sp³-hybridized carbons (Fsp3) is 0.957. The highest BCUT2D eigenvalue weighted by Crippen LogP contribution is 2.16. The van der Waals surface area contributed by atoms with Gasteiger partial charge in [-0.3, -0.25) is 14.7 Å². The molecule has 50 heavy (non-hydrogen) atoms. The molecule has 0 atom stereocenters. The molecule has 1 amide bonds. The van der Waals surface area contributed by atoms with E-state index in [0.717, 1.165) is 32.6 Å². The van der Waals surface area contributed by atoms with E-state index in [1.54, 1.807) is 0 Å². The second kappa shape index (κ2) is 39.2. The lowest BCUT2D eigenvalue weighted by Crippen LogP contribution is -2.32. The Bertz CT molecular complexity index is 735. The first-order valence-corrected chi connectivity index (χ1v) is 23.4. The van der Waals surface area contributed by atoms with Crippen molar-refractivity contribution in [1.82, 2.24) is 10.6 Å². The van der Waals surface area contributed by atoms with Crippen LogP contribution in [0.2, 0.25) is 0 Å². The fourth-order valence-electron chi connectivity index (χ4n) is 7.88. The maximum absolute atomic E-state index is 12.4. The van der Waals surface area contributed by atoms with Crippen LogP contribution in [0.4, 0.5) is 0 Å². The largest absolute Gasteiger partial charge is 0.352 e. The van der Waals surface area contributed by atoms with Gasteiger partial charge in [0.05, 0.1) is 6.54 Å². The van der Waals surface area contributed by atoms with Crippen molar-refractivity contribution >= 4 is 11.7 Å². The first-order valence-electron chi connectivity index (χ1n) is 23.4. The fourth-order valence-corrected chi connectivity index (χ4v) is 7.88. The van der Waals surface area contributed by atoms with Crippen LogP contribution in [0, 0.1) is 0 Å². The summed E-state index contributed by atoms with van der Waals surface area (Å²) in [6, 6.07) is 0. The Morgan fingerprint density at radius 3 is 1.16 bits per heavy atom. The number of amides is 1. The molecule has 0 aromatic carbocycles. The number of nitrogens with one attached hydrogen (secondary N) is 2. The van der Waals surface area contributed by atoms with Gasteiger partial charge < -0.3 is 5.32 Å². The van der Waals surface area contributed by atoms with Crippen LogP contribution in [0.25, 0.3) is 0 Å². The van der Waals surface area contributed by atoms with Crippen LogP contribution >= 0.6 is 0 Å². The molecule has 0 radical (unpaired) electrons. The summed E-state index contributed by atoms with van der Waals surface area (Å²) < 4.78 is 2.48. The van der Waals surface area contributed by atoms with Gasteiger partial charge in [-0.25, -0.2) is 0 Å². The zero-order valence-corrected chi connectivity index (χ0v) is 34.6. The van der Waals surface area contributed by atoms with E-state index in [2.05, 4.69) is 29.1 Å². The zero-order valence-electron chi connectivity index (χ0n) is 34.6. The molecule has 1 rings (SSSR count). The summed E-state index contributed by atoms with van der Waals surface area (Å²) in [4.78, 5) is 12.4. The molecule has 4 nitrogen and oxygen atoms in total. The standard InChI is InChI=1S/C46H91N3O/c1-3-5-7-9-11-13-15-17-19-21-22-23-24-25-27-29-31-33-35-37-39-45-47-41-43-49(45)44-42-48-46(50)40-38-36-34-32-30-28-26-20-18-16-14-12-10-8-6-4-2/h3-44H2,1-2H3,(H,48,50)/p+1. The van der Waals surface area contributed by atoms with Gasteiger partial charge in [-0.05, 0) is 12.8 Å². The van der Waals surface area contributed by atoms with Gasteiger partial charge in [0.2, 0.25) is 11.7 Å². The Kier molecular flexibility index (Phi) is 36.8. The molecule has 1 aliphatic heterocycles. The lowest BCUT2D eigenvalue weighted by molar-refractivity contribution is -0.517. The van der Waals surface area contributed by atoms with E-state index in [1.165, 1.54) is 237 Å². The first-order chi connectivity index (χ1) is 24.8. The van der Waals surface area contributed by atoms with Crippen LogP contribution in [0.1, 0.15) is 258 Å². The molecule has 4 heteroatoms. The topological polar surface area (TPSA) is 44.1 Å². The maximum Gasteiger partial charge on any atom is 0.244 e. The second-order valence-corrected chi connectivity index (χ2v) is 16.2. The van der Waals surface area contributed by atoms with E-state index in [0.29, 0.717) is 6.42 Å². The Balaban J connectivity index is 1.84. The highest BCUT2D eigenvalue weighted by Gasteiger charge is 2.19. The second-order valence-electron chi connectivity index (χ2n) is 16.2. The summed E-state index contributed by atoms with van der Waals surface area (Å²) in [6.45, 7) is 8.47. The van der Waals surface area contributed by atoms with E-state index in [4.69, 9.17) is 0 Å². The average Bonchev–Trinajstić information content (AvgIpc) is 3.57. The summed E-state index contributed by atoms with van der Waals surface area (Å²) in [6.07, 6.45) is 52.5. The number of carbonyl (C=O) groups is 1. The number of nitrogens with zero attached hydrogens (tertiary/aromatic N) is 1. The van der Waals surface area contributed by atoms with Crippen LogP contribution in [0.15, 0.2) is 0 Å². The van der Waals surface area contributed by atoms with Crippen molar-refractivity contribution in [3.05, 3.63) is 0 Å². The van der Waals surface area contributed by atoms with Crippen LogP contribution in [-0.4, -0.2) is 42.5 Å². The summed E-state index contributed by atoms with van der Waals surface area (Å²) in [7, 11) is 0. The molecule has 0 unspecified atom stereocenters.